The van der Waals surface area contributed by atoms with E-state index < -0.39 is 0 Å². The average molecular weight is 431 g/mol. The first kappa shape index (κ1) is 30.4. The number of hydrogen-bond donors (Lipinski definition) is 3. The van der Waals surface area contributed by atoms with Crippen LogP contribution in [0.5, 0.6) is 0 Å². The molecule has 0 radical (unpaired) electrons. The van der Waals surface area contributed by atoms with Crippen LogP contribution in [-0.4, -0.2) is 37.5 Å². The first-order valence-corrected chi connectivity index (χ1v) is 11.8. The summed E-state index contributed by atoms with van der Waals surface area (Å²) >= 11 is 1.72. The van der Waals surface area contributed by atoms with Crippen LogP contribution in [-0.2, 0) is 9.57 Å². The molecule has 2 atom stereocenters. The predicted octanol–water partition coefficient (Wildman–Crippen LogP) is 5.67. The summed E-state index contributed by atoms with van der Waals surface area (Å²) in [5, 5.41) is 10.6. The summed E-state index contributed by atoms with van der Waals surface area (Å²) < 4.78 is 5.88. The van der Waals surface area contributed by atoms with Gasteiger partial charge in [0.15, 0.2) is 0 Å². The van der Waals surface area contributed by atoms with Crippen LogP contribution in [0.3, 0.4) is 0 Å². The molecule has 0 spiro atoms. The molecule has 172 valence electrons. The predicted molar refractivity (Wildman–Crippen MR) is 129 cm³/mol. The van der Waals surface area contributed by atoms with Crippen LogP contribution in [0.4, 0.5) is 0 Å². The summed E-state index contributed by atoms with van der Waals surface area (Å²) in [6, 6.07) is 0.316. The van der Waals surface area contributed by atoms with Crippen molar-refractivity contribution in [1.82, 2.24) is 5.32 Å². The maximum absolute atomic E-state index is 7.00. The molecular formula is C23H46N2O3S. The Bertz CT molecular complexity index is 465. The van der Waals surface area contributed by atoms with Gasteiger partial charge in [0.25, 0.3) is 0 Å². The molecule has 0 aromatic carbocycles. The average Bonchev–Trinajstić information content (AvgIpc) is 2.74. The van der Waals surface area contributed by atoms with E-state index in [1.807, 2.05) is 6.92 Å². The van der Waals surface area contributed by atoms with Crippen LogP contribution in [0.25, 0.3) is 0 Å². The Hall–Kier alpha value is -0.790. The van der Waals surface area contributed by atoms with Crippen LogP contribution in [0.15, 0.2) is 33.8 Å². The van der Waals surface area contributed by atoms with E-state index >= 15 is 0 Å². The Balaban J connectivity index is 0. The molecule has 1 aliphatic carbocycles. The number of allylic oxidation sites excluding steroid dienone is 4. The van der Waals surface area contributed by atoms with E-state index in [0.29, 0.717) is 12.6 Å². The summed E-state index contributed by atoms with van der Waals surface area (Å²) in [6.07, 6.45) is 13.6. The Kier molecular flexibility index (Phi) is 23.0. The molecular weight excluding hydrogens is 384 g/mol. The molecule has 0 heterocycles. The van der Waals surface area contributed by atoms with Crippen LogP contribution in [0, 0.1) is 0 Å². The van der Waals surface area contributed by atoms with Crippen LogP contribution in [0.2, 0.25) is 0 Å². The monoisotopic (exact) mass is 430 g/mol. The highest BCUT2D eigenvalue weighted by Crippen LogP contribution is 2.30. The van der Waals surface area contributed by atoms with Gasteiger partial charge in [0.2, 0.25) is 0 Å². The number of aliphatic hydroxyl groups is 1. The van der Waals surface area contributed by atoms with Gasteiger partial charge in [-0.3, -0.25) is 0 Å². The van der Waals surface area contributed by atoms with Gasteiger partial charge in [-0.2, -0.15) is 5.90 Å². The van der Waals surface area contributed by atoms with Crippen LogP contribution in [0.1, 0.15) is 80.1 Å². The third kappa shape index (κ3) is 14.8. The zero-order valence-corrected chi connectivity index (χ0v) is 20.6. The number of rotatable bonds is 12. The SMILES string of the molecule is CCC.CCCC(NC/C(ON)=C(/C)SC1=CCCC=C1)[C@H](CC)OCC.CO. The lowest BCUT2D eigenvalue weighted by Gasteiger charge is -2.27. The van der Waals surface area contributed by atoms with E-state index in [1.54, 1.807) is 11.8 Å². The van der Waals surface area contributed by atoms with E-state index in [1.165, 1.54) is 11.3 Å². The van der Waals surface area contributed by atoms with Gasteiger partial charge in [-0.1, -0.05) is 70.5 Å². The smallest absolute Gasteiger partial charge is 0.147 e. The standard InChI is InChI=1S/C19H34N2O2S.C3H8.CH4O/c1-5-11-17(18(6-2)22-7-3)21-14-19(23-20)15(4)24-16-12-9-8-10-13-16;1-3-2;1-2/h9,12-13,17-18,21H,5-8,10-11,14,20H2,1-4H3;3H2,1-2H3;2H,1H3/b19-15+;;/t17?,18-;;/m0../s1. The molecule has 0 aromatic heterocycles. The zero-order chi connectivity index (χ0) is 22.5. The first-order valence-electron chi connectivity index (χ1n) is 11.0. The molecule has 29 heavy (non-hydrogen) atoms. The van der Waals surface area contributed by atoms with Crippen molar-refractivity contribution in [3.8, 4) is 0 Å². The third-order valence-electron chi connectivity index (χ3n) is 4.12. The van der Waals surface area contributed by atoms with Gasteiger partial charge < -0.3 is 20.0 Å². The summed E-state index contributed by atoms with van der Waals surface area (Å²) in [4.78, 5) is 7.52. The highest BCUT2D eigenvalue weighted by molar-refractivity contribution is 8.06. The molecule has 0 saturated heterocycles. The van der Waals surface area contributed by atoms with E-state index in [0.717, 1.165) is 56.5 Å². The minimum atomic E-state index is 0.228. The fraction of sp³-hybridized carbons (Fsp3) is 0.739. The molecule has 0 saturated carbocycles. The fourth-order valence-electron chi connectivity index (χ4n) is 2.83. The molecule has 1 rings (SSSR count). The normalized spacial score (nSPS) is 15.7. The van der Waals surface area contributed by atoms with Gasteiger partial charge in [-0.25, -0.2) is 0 Å². The molecule has 1 unspecified atom stereocenters. The fourth-order valence-corrected chi connectivity index (χ4v) is 3.79. The Labute approximate surface area is 184 Å². The summed E-state index contributed by atoms with van der Waals surface area (Å²) in [6.45, 7) is 14.1. The van der Waals surface area contributed by atoms with Crippen LogP contribution < -0.4 is 11.2 Å². The largest absolute Gasteiger partial charge is 0.414 e. The maximum atomic E-state index is 7.00. The number of nitrogens with one attached hydrogen (secondary N) is 1. The van der Waals surface area contributed by atoms with E-state index in [9.17, 15) is 0 Å². The van der Waals surface area contributed by atoms with Gasteiger partial charge in [-0.05, 0) is 39.5 Å². The molecule has 1 aliphatic rings. The van der Waals surface area contributed by atoms with Gasteiger partial charge in [0.1, 0.15) is 5.76 Å². The van der Waals surface area contributed by atoms with Crippen molar-refractivity contribution in [3.63, 3.8) is 0 Å². The first-order chi connectivity index (χ1) is 14.1. The number of ether oxygens (including phenoxy) is 1. The molecule has 0 amide bonds. The highest BCUT2D eigenvalue weighted by Gasteiger charge is 2.20. The number of nitrogens with two attached hydrogens (primary N) is 1. The maximum Gasteiger partial charge on any atom is 0.147 e. The summed E-state index contributed by atoms with van der Waals surface area (Å²) in [5.74, 6) is 6.32. The third-order valence-corrected chi connectivity index (χ3v) is 5.20. The Morgan fingerprint density at radius 2 is 1.86 bits per heavy atom. The van der Waals surface area contributed by atoms with E-state index in [4.69, 9.17) is 20.6 Å². The molecule has 0 aliphatic heterocycles. The van der Waals surface area contributed by atoms with Gasteiger partial charge in [0.05, 0.1) is 12.6 Å². The highest BCUT2D eigenvalue weighted by atomic mass is 32.2. The van der Waals surface area contributed by atoms with Crippen molar-refractivity contribution < 1.29 is 14.7 Å². The topological polar surface area (TPSA) is 76.7 Å². The quantitative estimate of drug-likeness (QED) is 0.273. The summed E-state index contributed by atoms with van der Waals surface area (Å²) in [7, 11) is 1.00. The second-order valence-corrected chi connectivity index (χ2v) is 7.96. The van der Waals surface area contributed by atoms with Gasteiger partial charge >= 0.3 is 0 Å². The lowest BCUT2D eigenvalue weighted by Crippen LogP contribution is -2.42. The Morgan fingerprint density at radius 3 is 2.31 bits per heavy atom. The molecule has 0 aromatic rings. The van der Waals surface area contributed by atoms with Gasteiger partial charge in [-0.15, -0.1) is 0 Å². The molecule has 0 fully saturated rings. The van der Waals surface area contributed by atoms with Crippen molar-refractivity contribution in [2.75, 3.05) is 20.3 Å². The zero-order valence-electron chi connectivity index (χ0n) is 19.8. The number of thioether (sulfide) groups is 1. The number of aliphatic hydroxyl groups excluding tert-OH is 1. The minimum Gasteiger partial charge on any atom is -0.414 e. The molecule has 6 heteroatoms. The van der Waals surface area contributed by atoms with E-state index in [2.05, 4.69) is 58.2 Å². The molecule has 4 N–H and O–H groups in total. The van der Waals surface area contributed by atoms with Gasteiger partial charge in [0, 0.05) is 29.6 Å². The van der Waals surface area contributed by atoms with Crippen molar-refractivity contribution in [2.24, 2.45) is 5.90 Å². The second kappa shape index (κ2) is 21.9. The van der Waals surface area contributed by atoms with Crippen molar-refractivity contribution in [2.45, 2.75) is 92.2 Å². The number of hydrogen-bond acceptors (Lipinski definition) is 6. The Morgan fingerprint density at radius 1 is 1.21 bits per heavy atom. The van der Waals surface area contributed by atoms with Crippen LogP contribution >= 0.6 is 11.8 Å². The molecule has 5 nitrogen and oxygen atoms in total. The summed E-state index contributed by atoms with van der Waals surface area (Å²) in [5.41, 5.74) is 0. The van der Waals surface area contributed by atoms with Crippen molar-refractivity contribution >= 4 is 11.8 Å². The van der Waals surface area contributed by atoms with E-state index in [-0.39, 0.29) is 6.10 Å². The van der Waals surface area contributed by atoms with Crippen molar-refractivity contribution in [1.29, 1.82) is 0 Å². The molecule has 0 bridgehead atoms. The lowest BCUT2D eigenvalue weighted by atomic mass is 10.0. The second-order valence-electron chi connectivity index (χ2n) is 6.67. The minimum absolute atomic E-state index is 0.228. The lowest BCUT2D eigenvalue weighted by molar-refractivity contribution is 0.0289. The van der Waals surface area contributed by atoms with Crippen molar-refractivity contribution in [3.05, 3.63) is 33.8 Å².